The number of halogens is 1. The fourth-order valence-electron chi connectivity index (χ4n) is 1.73. The van der Waals surface area contributed by atoms with Gasteiger partial charge in [0.05, 0.1) is 0 Å². The first-order chi connectivity index (χ1) is 4.93. The summed E-state index contributed by atoms with van der Waals surface area (Å²) in [7, 11) is 1.95. The predicted molar refractivity (Wildman–Crippen MR) is 57.7 cm³/mol. The lowest BCUT2D eigenvalue weighted by Crippen LogP contribution is -1.92. The monoisotopic (exact) mass is 270 g/mol. The van der Waals surface area contributed by atoms with Gasteiger partial charge in [-0.15, -0.1) is 0 Å². The van der Waals surface area contributed by atoms with E-state index >= 15 is 0 Å². The molecule has 1 rings (SSSR count). The molecular formula is C8H15IS. The molecule has 0 bridgehead atoms. The molecule has 0 atom stereocenters. The normalized spacial score (nSPS) is 20.1. The van der Waals surface area contributed by atoms with Crippen molar-refractivity contribution in [2.75, 3.05) is 5.75 Å². The molecule has 1 aliphatic carbocycles. The van der Waals surface area contributed by atoms with E-state index in [-0.39, 0.29) is 0 Å². The first-order valence-electron chi connectivity index (χ1n) is 4.17. The molecule has 0 aromatic heterocycles. The van der Waals surface area contributed by atoms with Gasteiger partial charge in [0.1, 0.15) is 0 Å². The second-order valence-corrected chi connectivity index (χ2v) is 5.60. The highest BCUT2D eigenvalue weighted by molar-refractivity contribution is 14.2. The van der Waals surface area contributed by atoms with E-state index in [9.17, 15) is 0 Å². The van der Waals surface area contributed by atoms with Crippen molar-refractivity contribution in [1.82, 2.24) is 0 Å². The molecule has 0 radical (unpaired) electrons. The number of hydrogen-bond acceptors (Lipinski definition) is 1. The van der Waals surface area contributed by atoms with Crippen LogP contribution >= 0.6 is 30.1 Å². The summed E-state index contributed by atoms with van der Waals surface area (Å²) in [6, 6.07) is 0. The van der Waals surface area contributed by atoms with E-state index in [0.29, 0.717) is 0 Å². The highest BCUT2D eigenvalue weighted by Crippen LogP contribution is 2.29. The summed E-state index contributed by atoms with van der Waals surface area (Å²) in [6.07, 6.45) is 8.98. The Hall–Kier alpha value is 1.08. The predicted octanol–water partition coefficient (Wildman–Crippen LogP) is 4.04. The quantitative estimate of drug-likeness (QED) is 0.548. The maximum Gasteiger partial charge on any atom is 0.00335 e. The smallest absolute Gasteiger partial charge is 0.00335 e. The van der Waals surface area contributed by atoms with E-state index in [4.69, 9.17) is 0 Å². The van der Waals surface area contributed by atoms with Gasteiger partial charge in [-0.1, -0.05) is 34.6 Å². The van der Waals surface area contributed by atoms with E-state index in [2.05, 4.69) is 21.2 Å². The van der Waals surface area contributed by atoms with E-state index in [0.717, 1.165) is 5.92 Å². The van der Waals surface area contributed by atoms with E-state index < -0.39 is 0 Å². The maximum absolute atomic E-state index is 2.39. The zero-order valence-electron chi connectivity index (χ0n) is 6.31. The van der Waals surface area contributed by atoms with Gasteiger partial charge in [-0.25, -0.2) is 0 Å². The minimum Gasteiger partial charge on any atom is -0.0894 e. The van der Waals surface area contributed by atoms with Crippen molar-refractivity contribution in [3.63, 3.8) is 0 Å². The summed E-state index contributed by atoms with van der Waals surface area (Å²) in [5.74, 6) is 2.46. The van der Waals surface area contributed by atoms with E-state index in [1.807, 2.05) is 8.93 Å². The highest BCUT2D eigenvalue weighted by atomic mass is 127. The van der Waals surface area contributed by atoms with Crippen LogP contribution in [-0.2, 0) is 0 Å². The van der Waals surface area contributed by atoms with Gasteiger partial charge in [0.25, 0.3) is 0 Å². The van der Waals surface area contributed by atoms with Crippen LogP contribution < -0.4 is 0 Å². The first kappa shape index (κ1) is 9.17. The van der Waals surface area contributed by atoms with Crippen LogP contribution in [0.15, 0.2) is 0 Å². The van der Waals surface area contributed by atoms with Crippen molar-refractivity contribution in [2.24, 2.45) is 5.92 Å². The van der Waals surface area contributed by atoms with Crippen molar-refractivity contribution >= 4 is 30.1 Å². The fraction of sp³-hybridized carbons (Fsp3) is 1.00. The fourth-order valence-corrected chi connectivity index (χ4v) is 2.94. The lowest BCUT2D eigenvalue weighted by atomic mass is 10.0. The molecule has 0 aromatic carbocycles. The molecule has 2 heteroatoms. The van der Waals surface area contributed by atoms with Crippen molar-refractivity contribution < 1.29 is 0 Å². The lowest BCUT2D eigenvalue weighted by Gasteiger charge is -2.05. The van der Waals surface area contributed by atoms with Crippen molar-refractivity contribution in [2.45, 2.75) is 38.5 Å². The summed E-state index contributed by atoms with van der Waals surface area (Å²) < 4.78 is 0. The number of rotatable bonds is 4. The van der Waals surface area contributed by atoms with Gasteiger partial charge in [0.15, 0.2) is 0 Å². The van der Waals surface area contributed by atoms with Crippen LogP contribution in [0.2, 0.25) is 0 Å². The number of hydrogen-bond donors (Lipinski definition) is 0. The molecule has 0 saturated heterocycles. The van der Waals surface area contributed by atoms with Gasteiger partial charge in [0, 0.05) is 5.75 Å². The van der Waals surface area contributed by atoms with Gasteiger partial charge >= 0.3 is 0 Å². The molecule has 0 aromatic rings. The largest absolute Gasteiger partial charge is 0.0894 e. The molecule has 0 amide bonds. The zero-order chi connectivity index (χ0) is 7.23. The van der Waals surface area contributed by atoms with Crippen LogP contribution in [0.25, 0.3) is 0 Å². The van der Waals surface area contributed by atoms with Gasteiger partial charge < -0.3 is 0 Å². The van der Waals surface area contributed by atoms with Crippen LogP contribution in [0.5, 0.6) is 0 Å². The molecule has 10 heavy (non-hydrogen) atoms. The van der Waals surface area contributed by atoms with Crippen LogP contribution in [0, 0.1) is 5.92 Å². The SMILES string of the molecule is ISCCCC1CCCC1. The molecule has 0 unspecified atom stereocenters. The summed E-state index contributed by atoms with van der Waals surface area (Å²) in [4.78, 5) is 0. The summed E-state index contributed by atoms with van der Waals surface area (Å²) in [5.41, 5.74) is 0. The van der Waals surface area contributed by atoms with Crippen molar-refractivity contribution in [1.29, 1.82) is 0 Å². The lowest BCUT2D eigenvalue weighted by molar-refractivity contribution is 0.499. The Kier molecular flexibility index (Phi) is 5.22. The molecule has 0 nitrogen and oxygen atoms in total. The average molecular weight is 270 g/mol. The Bertz CT molecular complexity index is 79.3. The minimum absolute atomic E-state index is 1.10. The van der Waals surface area contributed by atoms with Crippen LogP contribution in [0.3, 0.4) is 0 Å². The Morgan fingerprint density at radius 2 is 2.00 bits per heavy atom. The third kappa shape index (κ3) is 3.46. The van der Waals surface area contributed by atoms with Crippen molar-refractivity contribution in [3.05, 3.63) is 0 Å². The van der Waals surface area contributed by atoms with Gasteiger partial charge in [-0.05, 0) is 40.0 Å². The Labute approximate surface area is 80.1 Å². The average Bonchev–Trinajstić information content (AvgIpc) is 2.41. The van der Waals surface area contributed by atoms with Gasteiger partial charge in [0.2, 0.25) is 0 Å². The molecule has 0 heterocycles. The van der Waals surface area contributed by atoms with Crippen LogP contribution in [0.4, 0.5) is 0 Å². The molecule has 0 N–H and O–H groups in total. The third-order valence-corrected chi connectivity index (χ3v) is 4.07. The summed E-state index contributed by atoms with van der Waals surface area (Å²) >= 11 is 2.39. The summed E-state index contributed by atoms with van der Waals surface area (Å²) in [5, 5.41) is 0. The minimum atomic E-state index is 1.10. The maximum atomic E-state index is 2.39. The molecule has 0 spiro atoms. The second kappa shape index (κ2) is 5.70. The molecule has 60 valence electrons. The van der Waals surface area contributed by atoms with Crippen LogP contribution in [-0.4, -0.2) is 5.75 Å². The Morgan fingerprint density at radius 3 is 2.60 bits per heavy atom. The van der Waals surface area contributed by atoms with E-state index in [1.54, 1.807) is 0 Å². The van der Waals surface area contributed by atoms with E-state index in [1.165, 1.54) is 44.3 Å². The second-order valence-electron chi connectivity index (χ2n) is 3.11. The molecule has 1 fully saturated rings. The topological polar surface area (TPSA) is 0 Å². The molecule has 1 aliphatic rings. The molecule has 0 aliphatic heterocycles. The highest BCUT2D eigenvalue weighted by Gasteiger charge is 2.13. The Morgan fingerprint density at radius 1 is 1.30 bits per heavy atom. The van der Waals surface area contributed by atoms with Crippen molar-refractivity contribution in [3.8, 4) is 0 Å². The third-order valence-electron chi connectivity index (χ3n) is 2.31. The van der Waals surface area contributed by atoms with Gasteiger partial charge in [-0.3, -0.25) is 0 Å². The molecular weight excluding hydrogens is 255 g/mol. The van der Waals surface area contributed by atoms with Gasteiger partial charge in [-0.2, -0.15) is 0 Å². The first-order valence-corrected chi connectivity index (χ1v) is 7.70. The molecule has 1 saturated carbocycles. The standard InChI is InChI=1S/C8H15IS/c9-10-7-3-6-8-4-1-2-5-8/h8H,1-7H2. The summed E-state index contributed by atoms with van der Waals surface area (Å²) in [6.45, 7) is 0. The van der Waals surface area contributed by atoms with Crippen LogP contribution in [0.1, 0.15) is 38.5 Å². The Balaban J connectivity index is 1.91. The zero-order valence-corrected chi connectivity index (χ0v) is 9.29.